The van der Waals surface area contributed by atoms with Gasteiger partial charge in [0.1, 0.15) is 11.4 Å². The first kappa shape index (κ1) is 26.4. The molecule has 3 fully saturated rings. The molecule has 1 aromatic carbocycles. The van der Waals surface area contributed by atoms with Crippen LogP contribution in [0.1, 0.15) is 39.7 Å². The fourth-order valence-corrected chi connectivity index (χ4v) is 6.65. The highest BCUT2D eigenvalue weighted by molar-refractivity contribution is 5.92. The van der Waals surface area contributed by atoms with Crippen LogP contribution in [0, 0.1) is 23.7 Å². The highest BCUT2D eigenvalue weighted by Crippen LogP contribution is 2.63. The van der Waals surface area contributed by atoms with E-state index in [4.69, 9.17) is 18.9 Å². The summed E-state index contributed by atoms with van der Waals surface area (Å²) in [4.78, 5) is 39.7. The molecule has 3 aliphatic heterocycles. The molecule has 0 bridgehead atoms. The molecule has 0 unspecified atom stereocenters. The number of nitrogens with one attached hydrogen (secondary N) is 1. The summed E-state index contributed by atoms with van der Waals surface area (Å²) in [6.45, 7) is 7.12. The van der Waals surface area contributed by atoms with Gasteiger partial charge in [0.15, 0.2) is 5.78 Å². The molecule has 2 saturated heterocycles. The quantitative estimate of drug-likeness (QED) is 0.351. The van der Waals surface area contributed by atoms with Crippen molar-refractivity contribution in [2.75, 3.05) is 7.11 Å². The Kier molecular flexibility index (Phi) is 6.43. The zero-order valence-corrected chi connectivity index (χ0v) is 22.3. The van der Waals surface area contributed by atoms with Gasteiger partial charge in [-0.25, -0.2) is 4.79 Å². The first-order valence-corrected chi connectivity index (χ1v) is 13.1. The molecule has 1 aromatic rings. The fourth-order valence-electron chi connectivity index (χ4n) is 6.65. The monoisotopic (exact) mass is 525 g/mol. The van der Waals surface area contributed by atoms with E-state index >= 15 is 0 Å². The lowest BCUT2D eigenvalue weighted by atomic mass is 9.59. The van der Waals surface area contributed by atoms with Gasteiger partial charge in [-0.15, -0.1) is 0 Å². The molecular weight excluding hydrogens is 490 g/mol. The Morgan fingerprint density at radius 2 is 1.84 bits per heavy atom. The van der Waals surface area contributed by atoms with Crippen LogP contribution in [0.25, 0.3) is 0 Å². The molecule has 9 heteroatoms. The Morgan fingerprint density at radius 3 is 2.53 bits per heavy atom. The second-order valence-corrected chi connectivity index (χ2v) is 11.3. The molecule has 1 amide bonds. The van der Waals surface area contributed by atoms with Crippen molar-refractivity contribution >= 4 is 17.8 Å². The Morgan fingerprint density at radius 1 is 1.13 bits per heavy atom. The van der Waals surface area contributed by atoms with Crippen molar-refractivity contribution in [3.63, 3.8) is 0 Å². The van der Waals surface area contributed by atoms with Gasteiger partial charge in [0.05, 0.1) is 31.0 Å². The Balaban J connectivity index is 1.55. The van der Waals surface area contributed by atoms with Gasteiger partial charge >= 0.3 is 6.16 Å². The normalized spacial score (nSPS) is 42.2. The molecular formula is C29H35NO8. The molecule has 1 saturated carbocycles. The number of fused-ring (bicyclic) bond motifs is 2. The highest BCUT2D eigenvalue weighted by Gasteiger charge is 2.78. The van der Waals surface area contributed by atoms with Crippen molar-refractivity contribution in [3.05, 3.63) is 54.3 Å². The van der Waals surface area contributed by atoms with E-state index in [1.807, 2.05) is 50.3 Å². The average Bonchev–Trinajstić information content (AvgIpc) is 3.49. The molecule has 38 heavy (non-hydrogen) atoms. The van der Waals surface area contributed by atoms with Gasteiger partial charge in [-0.1, -0.05) is 38.1 Å². The lowest BCUT2D eigenvalue weighted by Gasteiger charge is -2.45. The van der Waals surface area contributed by atoms with Crippen LogP contribution < -0.4 is 10.1 Å². The van der Waals surface area contributed by atoms with Crippen LogP contribution in [-0.4, -0.2) is 59.0 Å². The molecule has 0 radical (unpaired) electrons. The number of carbonyl (C=O) groups is 3. The molecule has 4 aliphatic rings. The van der Waals surface area contributed by atoms with Crippen molar-refractivity contribution in [1.29, 1.82) is 0 Å². The number of ketones is 1. The maximum absolute atomic E-state index is 13.9. The summed E-state index contributed by atoms with van der Waals surface area (Å²) in [5.74, 6) is -1.71. The number of Topliss-reactive ketones (excluding diaryl/α,β-unsaturated/α-hetero) is 1. The number of allylic oxidation sites excluding steroid dienone is 1. The molecule has 2 N–H and O–H groups in total. The standard InChI is InChI=1S/C29H35NO8/c1-16-7-6-8-20-24-28(4,37-24)17(2)22-21(15-18-9-11-19(35-5)12-10-18)30-25(32)29(20,22)38-26(33)36-14-13-27(3,34)23(16)31/h6,8-14,16-17,20-22,24,34H,7,15H2,1-5H3,(H,30,32)/t16-,17+,20+,21+,22+,24+,27-,28-,29-/m1/s1. The summed E-state index contributed by atoms with van der Waals surface area (Å²) in [6, 6.07) is 7.32. The Hall–Kier alpha value is -3.17. The summed E-state index contributed by atoms with van der Waals surface area (Å²) >= 11 is 0. The number of aliphatic hydroxyl groups is 1. The largest absolute Gasteiger partial charge is 0.514 e. The third kappa shape index (κ3) is 4.12. The number of hydrogen-bond donors (Lipinski definition) is 2. The first-order valence-electron chi connectivity index (χ1n) is 13.1. The van der Waals surface area contributed by atoms with Crippen LogP contribution in [0.2, 0.25) is 0 Å². The summed E-state index contributed by atoms with van der Waals surface area (Å²) in [6.07, 6.45) is 5.15. The molecule has 9 nitrogen and oxygen atoms in total. The van der Waals surface area contributed by atoms with Crippen molar-refractivity contribution < 1.29 is 38.4 Å². The van der Waals surface area contributed by atoms with E-state index in [2.05, 4.69) is 5.32 Å². The van der Waals surface area contributed by atoms with E-state index in [0.717, 1.165) is 23.7 Å². The van der Waals surface area contributed by atoms with Gasteiger partial charge in [0, 0.05) is 17.9 Å². The van der Waals surface area contributed by atoms with Gasteiger partial charge in [0.25, 0.3) is 5.91 Å². The number of amides is 1. The predicted octanol–water partition coefficient (Wildman–Crippen LogP) is 3.10. The van der Waals surface area contributed by atoms with Crippen LogP contribution in [0.15, 0.2) is 48.8 Å². The SMILES string of the molecule is COc1ccc(C[C@@H]2NC(=O)[C@@]34OC(=O)OC=C[C@@](C)(O)C(=O)[C@H](C)CC=C[C@H]3[C@@H]3O[C@]3(C)[C@@H](C)[C@@H]24)cc1. The minimum absolute atomic E-state index is 0.125. The van der Waals surface area contributed by atoms with E-state index < -0.39 is 52.4 Å². The average molecular weight is 526 g/mol. The molecule has 5 rings (SSSR count). The third-order valence-electron chi connectivity index (χ3n) is 8.96. The number of benzene rings is 1. The van der Waals surface area contributed by atoms with Crippen molar-refractivity contribution in [2.45, 2.75) is 69.5 Å². The van der Waals surface area contributed by atoms with Gasteiger partial charge < -0.3 is 29.4 Å². The van der Waals surface area contributed by atoms with E-state index in [1.165, 1.54) is 6.92 Å². The number of carbonyl (C=O) groups excluding carboxylic acids is 3. The van der Waals surface area contributed by atoms with Crippen LogP contribution in [0.5, 0.6) is 5.75 Å². The van der Waals surface area contributed by atoms with Crippen LogP contribution in [0.4, 0.5) is 4.79 Å². The number of cyclic esters (lactones) is 1. The van der Waals surface area contributed by atoms with Gasteiger partial charge in [-0.3, -0.25) is 9.59 Å². The number of hydrogen-bond acceptors (Lipinski definition) is 8. The molecule has 1 spiro atoms. The van der Waals surface area contributed by atoms with Gasteiger partial charge in [-0.2, -0.15) is 0 Å². The number of ether oxygens (including phenoxy) is 4. The molecule has 9 atom stereocenters. The lowest BCUT2D eigenvalue weighted by Crippen LogP contribution is -2.61. The maximum Gasteiger partial charge on any atom is 0.514 e. The van der Waals surface area contributed by atoms with E-state index in [0.29, 0.717) is 12.8 Å². The molecule has 3 heterocycles. The number of epoxide rings is 1. The number of rotatable bonds is 3. The summed E-state index contributed by atoms with van der Waals surface area (Å²) in [5, 5.41) is 13.7. The van der Waals surface area contributed by atoms with Crippen molar-refractivity contribution in [3.8, 4) is 5.75 Å². The maximum atomic E-state index is 13.9. The van der Waals surface area contributed by atoms with E-state index in [-0.39, 0.29) is 18.1 Å². The summed E-state index contributed by atoms with van der Waals surface area (Å²) in [5.41, 5.74) is -2.89. The Labute approximate surface area is 222 Å². The zero-order chi connectivity index (χ0) is 27.5. The van der Waals surface area contributed by atoms with E-state index in [9.17, 15) is 19.5 Å². The minimum Gasteiger partial charge on any atom is -0.497 e. The second kappa shape index (κ2) is 9.24. The Bertz CT molecular complexity index is 1190. The molecule has 1 aliphatic carbocycles. The van der Waals surface area contributed by atoms with Gasteiger partial charge in [-0.05, 0) is 56.4 Å². The van der Waals surface area contributed by atoms with Crippen LogP contribution in [0.3, 0.4) is 0 Å². The first-order chi connectivity index (χ1) is 17.9. The molecule has 204 valence electrons. The third-order valence-corrected chi connectivity index (χ3v) is 8.96. The topological polar surface area (TPSA) is 124 Å². The minimum atomic E-state index is -1.82. The van der Waals surface area contributed by atoms with Crippen molar-refractivity contribution in [2.24, 2.45) is 23.7 Å². The lowest BCUT2D eigenvalue weighted by molar-refractivity contribution is -0.153. The second-order valence-electron chi connectivity index (χ2n) is 11.3. The summed E-state index contributed by atoms with van der Waals surface area (Å²) in [7, 11) is 1.61. The molecule has 0 aromatic heterocycles. The van der Waals surface area contributed by atoms with Crippen LogP contribution in [-0.2, 0) is 30.2 Å². The highest BCUT2D eigenvalue weighted by atomic mass is 16.7. The summed E-state index contributed by atoms with van der Waals surface area (Å²) < 4.78 is 22.6. The smallest absolute Gasteiger partial charge is 0.497 e. The van der Waals surface area contributed by atoms with Crippen LogP contribution >= 0.6 is 0 Å². The predicted molar refractivity (Wildman–Crippen MR) is 136 cm³/mol. The van der Waals surface area contributed by atoms with Crippen molar-refractivity contribution in [1.82, 2.24) is 5.32 Å². The van der Waals surface area contributed by atoms with Gasteiger partial charge in [0.2, 0.25) is 5.60 Å². The van der Waals surface area contributed by atoms with E-state index in [1.54, 1.807) is 14.0 Å². The fraction of sp³-hybridized carbons (Fsp3) is 0.552. The zero-order valence-electron chi connectivity index (χ0n) is 22.3. The number of methoxy groups -OCH3 is 1.